The SMILES string of the molecule is CCCN1CCCC1.CCNC1CCCCCC1.CCc1ccccc1.CCc1cnc2n1CCCC2.CCn1cccc1. The van der Waals surface area contributed by atoms with E-state index >= 15 is 0 Å². The third-order valence-electron chi connectivity index (χ3n) is 8.78. The molecular weight excluding hydrogens is 538 g/mol. The number of fused-ring (bicyclic) bond motifs is 1. The molecule has 1 aromatic carbocycles. The van der Waals surface area contributed by atoms with Gasteiger partial charge in [0, 0.05) is 49.8 Å². The van der Waals surface area contributed by atoms with Crippen LogP contribution in [-0.2, 0) is 32.4 Å². The van der Waals surface area contributed by atoms with E-state index in [1.807, 2.05) is 24.4 Å². The molecular formula is C39H67N5. The van der Waals surface area contributed by atoms with Gasteiger partial charge < -0.3 is 19.4 Å². The Balaban J connectivity index is 0.000000194. The van der Waals surface area contributed by atoms with E-state index in [4.69, 9.17) is 0 Å². The summed E-state index contributed by atoms with van der Waals surface area (Å²) in [5, 5.41) is 3.52. The minimum absolute atomic E-state index is 0.840. The zero-order valence-electron chi connectivity index (χ0n) is 29.3. The molecule has 2 aliphatic heterocycles. The molecule has 0 unspecified atom stereocenters. The summed E-state index contributed by atoms with van der Waals surface area (Å²) in [5.41, 5.74) is 2.81. The van der Waals surface area contributed by atoms with Gasteiger partial charge in [-0.1, -0.05) is 83.7 Å². The lowest BCUT2D eigenvalue weighted by molar-refractivity contribution is 0.339. The first-order chi connectivity index (χ1) is 21.6. The van der Waals surface area contributed by atoms with Gasteiger partial charge in [0.25, 0.3) is 0 Å². The molecule has 0 bridgehead atoms. The van der Waals surface area contributed by atoms with E-state index in [2.05, 4.69) is 95.6 Å². The zero-order chi connectivity index (χ0) is 31.7. The van der Waals surface area contributed by atoms with Crippen molar-refractivity contribution < 1.29 is 0 Å². The molecule has 1 N–H and O–H groups in total. The largest absolute Gasteiger partial charge is 0.355 e. The van der Waals surface area contributed by atoms with Gasteiger partial charge in [0.1, 0.15) is 5.82 Å². The fourth-order valence-electron chi connectivity index (χ4n) is 6.15. The van der Waals surface area contributed by atoms with Crippen LogP contribution in [0.2, 0.25) is 0 Å². The zero-order valence-corrected chi connectivity index (χ0v) is 29.3. The van der Waals surface area contributed by atoms with Crippen LogP contribution in [0.4, 0.5) is 0 Å². The Morgan fingerprint density at radius 3 is 1.91 bits per heavy atom. The molecule has 44 heavy (non-hydrogen) atoms. The van der Waals surface area contributed by atoms with Crippen LogP contribution in [0, 0.1) is 0 Å². The van der Waals surface area contributed by atoms with Crippen LogP contribution >= 0.6 is 0 Å². The summed E-state index contributed by atoms with van der Waals surface area (Å²) in [6, 6.07) is 15.4. The van der Waals surface area contributed by atoms with Gasteiger partial charge in [0.2, 0.25) is 0 Å². The number of hydrogen-bond acceptors (Lipinski definition) is 3. The molecule has 2 aromatic heterocycles. The Morgan fingerprint density at radius 2 is 1.39 bits per heavy atom. The third-order valence-corrected chi connectivity index (χ3v) is 8.78. The van der Waals surface area contributed by atoms with E-state index in [9.17, 15) is 0 Å². The van der Waals surface area contributed by atoms with Crippen LogP contribution in [-0.4, -0.2) is 51.2 Å². The Kier molecular flexibility index (Phi) is 21.4. The van der Waals surface area contributed by atoms with Crippen molar-refractivity contribution in [3.63, 3.8) is 0 Å². The Hall–Kier alpha value is -2.37. The lowest BCUT2D eigenvalue weighted by atomic mass is 10.1. The summed E-state index contributed by atoms with van der Waals surface area (Å²) < 4.78 is 4.50. The summed E-state index contributed by atoms with van der Waals surface area (Å²) in [6.45, 7) is 18.4. The highest BCUT2D eigenvalue weighted by Gasteiger charge is 2.12. The van der Waals surface area contributed by atoms with Crippen LogP contribution in [0.25, 0.3) is 0 Å². The van der Waals surface area contributed by atoms with Gasteiger partial charge in [-0.25, -0.2) is 4.98 Å². The highest BCUT2D eigenvalue weighted by molar-refractivity contribution is 5.13. The van der Waals surface area contributed by atoms with Gasteiger partial charge in [-0.05, 0) is 109 Å². The van der Waals surface area contributed by atoms with Gasteiger partial charge in [-0.2, -0.15) is 0 Å². The van der Waals surface area contributed by atoms with Crippen molar-refractivity contribution in [1.82, 2.24) is 24.3 Å². The number of hydrogen-bond donors (Lipinski definition) is 1. The first kappa shape index (κ1) is 37.8. The minimum Gasteiger partial charge on any atom is -0.355 e. The molecule has 0 radical (unpaired) electrons. The van der Waals surface area contributed by atoms with Gasteiger partial charge in [0.15, 0.2) is 0 Å². The van der Waals surface area contributed by atoms with E-state index in [1.54, 1.807) is 0 Å². The second kappa shape index (κ2) is 24.9. The molecule has 0 amide bonds. The molecule has 2 fully saturated rings. The molecule has 1 saturated carbocycles. The van der Waals surface area contributed by atoms with Crippen molar-refractivity contribution >= 4 is 0 Å². The number of nitrogens with one attached hydrogen (secondary N) is 1. The molecule has 6 rings (SSSR count). The van der Waals surface area contributed by atoms with E-state index in [1.165, 1.54) is 120 Å². The van der Waals surface area contributed by atoms with Crippen molar-refractivity contribution in [2.45, 2.75) is 144 Å². The molecule has 5 nitrogen and oxygen atoms in total. The summed E-state index contributed by atoms with van der Waals surface area (Å²) >= 11 is 0. The van der Waals surface area contributed by atoms with Crippen molar-refractivity contribution in [2.24, 2.45) is 0 Å². The summed E-state index contributed by atoms with van der Waals surface area (Å²) in [6.07, 6.45) is 25.0. The topological polar surface area (TPSA) is 38.0 Å². The fraction of sp³-hybridized carbons (Fsp3) is 0.667. The smallest absolute Gasteiger partial charge is 0.108 e. The molecule has 1 aliphatic carbocycles. The molecule has 3 aliphatic rings. The highest BCUT2D eigenvalue weighted by Crippen LogP contribution is 2.17. The standard InChI is InChI=1S/C9H14N2.C9H19N.C8H10.C7H15N.C6H9N/c1-2-8-7-10-9-5-3-4-6-11(8)9;1-2-10-9-7-5-3-4-6-8-9;1-2-8-6-4-3-5-7-8;1-2-5-8-6-3-4-7-8;1-2-7-5-3-4-6-7/h7H,2-6H2,1H3;9-10H,2-8H2,1H3;3-7H,2H2,1H3;2-7H2,1H3;3-6H,2H2,1H3. The maximum absolute atomic E-state index is 4.39. The molecule has 1 saturated heterocycles. The highest BCUT2D eigenvalue weighted by atomic mass is 15.1. The molecule has 0 atom stereocenters. The minimum atomic E-state index is 0.840. The number of aromatic nitrogens is 3. The van der Waals surface area contributed by atoms with Gasteiger partial charge in [-0.3, -0.25) is 0 Å². The van der Waals surface area contributed by atoms with E-state index < -0.39 is 0 Å². The van der Waals surface area contributed by atoms with Gasteiger partial charge in [-0.15, -0.1) is 0 Å². The molecule has 3 aromatic rings. The predicted octanol–water partition coefficient (Wildman–Crippen LogP) is 9.35. The lowest BCUT2D eigenvalue weighted by Crippen LogP contribution is -2.27. The second-order valence-corrected chi connectivity index (χ2v) is 12.3. The first-order valence-corrected chi connectivity index (χ1v) is 18.3. The monoisotopic (exact) mass is 606 g/mol. The maximum Gasteiger partial charge on any atom is 0.108 e. The molecule has 4 heterocycles. The second-order valence-electron chi connectivity index (χ2n) is 12.3. The average Bonchev–Trinajstić information content (AvgIpc) is 3.84. The Morgan fingerprint density at radius 1 is 0.727 bits per heavy atom. The van der Waals surface area contributed by atoms with Crippen molar-refractivity contribution in [1.29, 1.82) is 0 Å². The summed E-state index contributed by atoms with van der Waals surface area (Å²) in [7, 11) is 0. The van der Waals surface area contributed by atoms with Crippen LogP contribution < -0.4 is 5.32 Å². The summed E-state index contributed by atoms with van der Waals surface area (Å²) in [5.74, 6) is 1.30. The number of rotatable bonds is 7. The average molecular weight is 606 g/mol. The number of benzene rings is 1. The van der Waals surface area contributed by atoms with E-state index in [0.717, 1.165) is 32.0 Å². The van der Waals surface area contributed by atoms with Crippen LogP contribution in [0.1, 0.15) is 122 Å². The fourth-order valence-corrected chi connectivity index (χ4v) is 6.15. The molecule has 0 spiro atoms. The Labute approximate surface area is 271 Å². The van der Waals surface area contributed by atoms with E-state index in [0.29, 0.717) is 0 Å². The van der Waals surface area contributed by atoms with Crippen molar-refractivity contribution in [3.8, 4) is 0 Å². The molecule has 5 heteroatoms. The third kappa shape index (κ3) is 16.1. The Bertz CT molecular complexity index is 999. The van der Waals surface area contributed by atoms with Crippen LogP contribution in [0.15, 0.2) is 61.1 Å². The number of aryl methyl sites for hydroxylation is 4. The van der Waals surface area contributed by atoms with Crippen molar-refractivity contribution in [2.75, 3.05) is 26.2 Å². The molecule has 248 valence electrons. The van der Waals surface area contributed by atoms with Crippen LogP contribution in [0.5, 0.6) is 0 Å². The van der Waals surface area contributed by atoms with Crippen LogP contribution in [0.3, 0.4) is 0 Å². The lowest BCUT2D eigenvalue weighted by Gasteiger charge is -2.15. The number of nitrogens with zero attached hydrogens (tertiary/aromatic N) is 4. The quantitative estimate of drug-likeness (QED) is 0.273. The predicted molar refractivity (Wildman–Crippen MR) is 192 cm³/mol. The van der Waals surface area contributed by atoms with Gasteiger partial charge in [0.05, 0.1) is 0 Å². The van der Waals surface area contributed by atoms with Gasteiger partial charge >= 0.3 is 0 Å². The summed E-state index contributed by atoms with van der Waals surface area (Å²) in [4.78, 5) is 6.93. The number of imidazole rings is 1. The maximum atomic E-state index is 4.39. The number of likely N-dealkylation sites (tertiary alicyclic amines) is 1. The first-order valence-electron chi connectivity index (χ1n) is 18.3. The normalized spacial score (nSPS) is 16.4. The van der Waals surface area contributed by atoms with Crippen molar-refractivity contribution in [3.05, 3.63) is 78.1 Å². The van der Waals surface area contributed by atoms with E-state index in [-0.39, 0.29) is 0 Å².